The van der Waals surface area contributed by atoms with Crippen LogP contribution in [0.3, 0.4) is 0 Å². The zero-order valence-electron chi connectivity index (χ0n) is 38.8. The molecule has 2 nitrogen and oxygen atoms in total. The van der Waals surface area contributed by atoms with Crippen molar-refractivity contribution in [2.75, 3.05) is 9.80 Å². The van der Waals surface area contributed by atoms with Gasteiger partial charge in [0.2, 0.25) is 0 Å². The van der Waals surface area contributed by atoms with Gasteiger partial charge in [0.05, 0.1) is 22.5 Å². The van der Waals surface area contributed by atoms with Crippen LogP contribution in [0.5, 0.6) is 0 Å². The third-order valence-electron chi connectivity index (χ3n) is 15.8. The van der Waals surface area contributed by atoms with Gasteiger partial charge in [0.1, 0.15) is 0 Å². The first kappa shape index (κ1) is 40.4. The van der Waals surface area contributed by atoms with E-state index in [1.807, 2.05) is 0 Å². The molecule has 2 heteroatoms. The molecule has 12 rings (SSSR count). The maximum absolute atomic E-state index is 2.70. The predicted molar refractivity (Wildman–Crippen MR) is 282 cm³/mol. The van der Waals surface area contributed by atoms with Gasteiger partial charge in [-0.15, -0.1) is 0 Å². The van der Waals surface area contributed by atoms with E-state index < -0.39 is 0 Å². The number of hydrogen-bond donors (Lipinski definition) is 0. The van der Waals surface area contributed by atoms with Crippen molar-refractivity contribution >= 4 is 65.8 Å². The van der Waals surface area contributed by atoms with Crippen LogP contribution in [0.2, 0.25) is 0 Å². The second-order valence-electron chi connectivity index (χ2n) is 19.7. The molecular weight excluding hydrogens is 797 g/mol. The van der Waals surface area contributed by atoms with E-state index in [-0.39, 0.29) is 16.5 Å². The molecule has 10 aromatic carbocycles. The van der Waals surface area contributed by atoms with Gasteiger partial charge in [-0.05, 0) is 127 Å². The molecule has 2 atom stereocenters. The molecule has 0 heterocycles. The fourth-order valence-corrected chi connectivity index (χ4v) is 12.5. The predicted octanol–water partition coefficient (Wildman–Crippen LogP) is 17.5. The van der Waals surface area contributed by atoms with Crippen molar-refractivity contribution in [1.82, 2.24) is 0 Å². The quantitative estimate of drug-likeness (QED) is 0.127. The van der Waals surface area contributed by atoms with E-state index >= 15 is 0 Å². The van der Waals surface area contributed by atoms with Gasteiger partial charge in [0.15, 0.2) is 0 Å². The summed E-state index contributed by atoms with van der Waals surface area (Å²) >= 11 is 0. The number of benzene rings is 10. The minimum absolute atomic E-state index is 0.210. The summed E-state index contributed by atoms with van der Waals surface area (Å²) in [6.07, 6.45) is 4.00. The molecule has 2 aliphatic rings. The average Bonchev–Trinajstić information content (AvgIpc) is 3.57. The Labute approximate surface area is 389 Å². The van der Waals surface area contributed by atoms with Crippen LogP contribution in [0.1, 0.15) is 81.7 Å². The SMILES string of the molecule is CCCC(C)(c1ccc2c(c1)C(C)(C)c1cc3c(cc1-2)CC3(CC)N(c1ccccc1)c1cc2ccccc2c2ccccc12)N(c1ccccc1)c1cc2ccccc2c2ccccc12. The van der Waals surface area contributed by atoms with E-state index in [4.69, 9.17) is 0 Å². The second kappa shape index (κ2) is 15.2. The molecule has 2 unspecified atom stereocenters. The number of para-hydroxylation sites is 2. The standard InChI is InChI=1S/C64H56N2/c1-6-36-63(5,65(47-24-10-8-11-25-47)60-38-43-22-14-16-28-49(43)51-30-18-20-32-54(51)60)46-34-35-53-56-37-45-42-64(7-2,57(45)41-59(56)62(3,4)58(53)40-46)66(48-26-12-9-13-27-48)61-39-44-23-15-17-29-50(44)52-31-19-21-33-55(52)61/h8-35,37-41H,6-7,36,42H2,1-5H3. The molecule has 322 valence electrons. The average molecular weight is 853 g/mol. The molecule has 0 aromatic heterocycles. The maximum Gasteiger partial charge on any atom is 0.0743 e. The lowest BCUT2D eigenvalue weighted by atomic mass is 9.65. The summed E-state index contributed by atoms with van der Waals surface area (Å²) < 4.78 is 0. The molecule has 0 saturated carbocycles. The van der Waals surface area contributed by atoms with Gasteiger partial charge < -0.3 is 9.80 Å². The van der Waals surface area contributed by atoms with Crippen molar-refractivity contribution in [3.63, 3.8) is 0 Å². The molecule has 2 aliphatic carbocycles. The zero-order chi connectivity index (χ0) is 44.8. The fraction of sp³-hybridized carbons (Fsp3) is 0.188. The molecule has 0 radical (unpaired) electrons. The highest BCUT2D eigenvalue weighted by Crippen LogP contribution is 2.59. The van der Waals surface area contributed by atoms with Crippen LogP contribution < -0.4 is 9.80 Å². The van der Waals surface area contributed by atoms with Crippen LogP contribution in [0.15, 0.2) is 200 Å². The Balaban J connectivity index is 1.01. The zero-order valence-corrected chi connectivity index (χ0v) is 38.8. The van der Waals surface area contributed by atoms with Crippen molar-refractivity contribution in [3.8, 4) is 11.1 Å². The van der Waals surface area contributed by atoms with Gasteiger partial charge in [-0.25, -0.2) is 0 Å². The maximum atomic E-state index is 2.70. The Bertz CT molecular complexity index is 3510. The Morgan fingerprint density at radius 2 is 0.985 bits per heavy atom. The number of rotatable bonds is 10. The molecule has 0 N–H and O–H groups in total. The van der Waals surface area contributed by atoms with Crippen LogP contribution in [0.25, 0.3) is 54.2 Å². The third kappa shape index (κ3) is 5.86. The Morgan fingerprint density at radius 1 is 0.470 bits per heavy atom. The van der Waals surface area contributed by atoms with Crippen LogP contribution in [0, 0.1) is 0 Å². The van der Waals surface area contributed by atoms with Crippen molar-refractivity contribution in [1.29, 1.82) is 0 Å². The highest BCUT2D eigenvalue weighted by Gasteiger charge is 2.50. The molecule has 0 bridgehead atoms. The molecular formula is C64H56N2. The monoisotopic (exact) mass is 852 g/mol. The minimum atomic E-state index is -0.359. The van der Waals surface area contributed by atoms with E-state index in [0.717, 1.165) is 25.7 Å². The third-order valence-corrected chi connectivity index (χ3v) is 15.8. The lowest BCUT2D eigenvalue weighted by Gasteiger charge is -2.53. The molecule has 0 amide bonds. The lowest BCUT2D eigenvalue weighted by Crippen LogP contribution is -2.52. The number of fused-ring (bicyclic) bond motifs is 10. The van der Waals surface area contributed by atoms with Gasteiger partial charge in [-0.2, -0.15) is 0 Å². The highest BCUT2D eigenvalue weighted by atomic mass is 15.2. The van der Waals surface area contributed by atoms with Gasteiger partial charge in [0, 0.05) is 34.0 Å². The topological polar surface area (TPSA) is 6.48 Å². The van der Waals surface area contributed by atoms with E-state index in [2.05, 4.69) is 245 Å². The van der Waals surface area contributed by atoms with Crippen molar-refractivity contribution in [3.05, 3.63) is 228 Å². The van der Waals surface area contributed by atoms with Crippen LogP contribution in [0.4, 0.5) is 22.7 Å². The first-order valence-corrected chi connectivity index (χ1v) is 24.1. The summed E-state index contributed by atoms with van der Waals surface area (Å²) in [6, 6.07) is 75.6. The number of anilines is 4. The normalized spacial score (nSPS) is 16.7. The van der Waals surface area contributed by atoms with Crippen molar-refractivity contribution in [2.24, 2.45) is 0 Å². The molecule has 0 aliphatic heterocycles. The van der Waals surface area contributed by atoms with E-state index in [1.54, 1.807) is 0 Å². The summed E-state index contributed by atoms with van der Waals surface area (Å²) in [6.45, 7) is 12.2. The van der Waals surface area contributed by atoms with Crippen LogP contribution in [-0.4, -0.2) is 0 Å². The molecule has 0 spiro atoms. The van der Waals surface area contributed by atoms with Crippen molar-refractivity contribution in [2.45, 2.75) is 76.8 Å². The number of hydrogen-bond acceptors (Lipinski definition) is 2. The fourth-order valence-electron chi connectivity index (χ4n) is 12.5. The van der Waals surface area contributed by atoms with Crippen molar-refractivity contribution < 1.29 is 0 Å². The minimum Gasteiger partial charge on any atom is -0.331 e. The van der Waals surface area contributed by atoms with Gasteiger partial charge in [-0.1, -0.05) is 198 Å². The summed E-state index contributed by atoms with van der Waals surface area (Å²) in [5.74, 6) is 0. The summed E-state index contributed by atoms with van der Waals surface area (Å²) in [5.41, 5.74) is 14.0. The summed E-state index contributed by atoms with van der Waals surface area (Å²) in [7, 11) is 0. The van der Waals surface area contributed by atoms with E-state index in [1.165, 1.54) is 105 Å². The molecule has 10 aromatic rings. The number of nitrogens with zero attached hydrogens (tertiary/aromatic N) is 2. The van der Waals surface area contributed by atoms with E-state index in [0.29, 0.717) is 0 Å². The molecule has 66 heavy (non-hydrogen) atoms. The molecule has 0 saturated heterocycles. The molecule has 0 fully saturated rings. The van der Waals surface area contributed by atoms with E-state index in [9.17, 15) is 0 Å². The Morgan fingerprint density at radius 3 is 1.59 bits per heavy atom. The lowest BCUT2D eigenvalue weighted by molar-refractivity contribution is 0.363. The largest absolute Gasteiger partial charge is 0.331 e. The van der Waals surface area contributed by atoms with Crippen LogP contribution in [-0.2, 0) is 22.9 Å². The Hall–Kier alpha value is -7.16. The first-order chi connectivity index (χ1) is 32.2. The summed E-state index contributed by atoms with van der Waals surface area (Å²) in [4.78, 5) is 5.37. The highest BCUT2D eigenvalue weighted by molar-refractivity contribution is 6.15. The van der Waals surface area contributed by atoms with Crippen LogP contribution >= 0.6 is 0 Å². The van der Waals surface area contributed by atoms with Gasteiger partial charge in [0.25, 0.3) is 0 Å². The smallest absolute Gasteiger partial charge is 0.0743 e. The Kier molecular flexibility index (Phi) is 9.30. The summed E-state index contributed by atoms with van der Waals surface area (Å²) in [5, 5.41) is 10.3. The van der Waals surface area contributed by atoms with Gasteiger partial charge >= 0.3 is 0 Å². The first-order valence-electron chi connectivity index (χ1n) is 24.1. The van der Waals surface area contributed by atoms with Gasteiger partial charge in [-0.3, -0.25) is 0 Å². The second-order valence-corrected chi connectivity index (χ2v) is 19.7.